The number of amides is 1. The van der Waals surface area contributed by atoms with Gasteiger partial charge in [-0.25, -0.2) is 4.79 Å². The number of halogens is 1. The van der Waals surface area contributed by atoms with Crippen LogP contribution < -0.4 is 5.32 Å². The van der Waals surface area contributed by atoms with Gasteiger partial charge in [0, 0.05) is 5.02 Å². The van der Waals surface area contributed by atoms with Crippen molar-refractivity contribution in [3.05, 3.63) is 64.7 Å². The highest BCUT2D eigenvalue weighted by atomic mass is 35.5. The van der Waals surface area contributed by atoms with Crippen molar-refractivity contribution >= 4 is 29.6 Å². The van der Waals surface area contributed by atoms with Gasteiger partial charge in [-0.15, -0.1) is 0 Å². The molecule has 6 heteroatoms. The smallest absolute Gasteiger partial charge is 0.352 e. The fourth-order valence-corrected chi connectivity index (χ4v) is 1.59. The molecule has 1 aromatic heterocycles. The number of hydrogen-bond donors (Lipinski definition) is 2. The molecule has 0 bridgehead atoms. The normalized spacial score (nSPS) is 11.2. The number of carbonyl (C=O) groups excluding carboxylic acids is 1. The first-order valence-corrected chi connectivity index (χ1v) is 5.99. The molecule has 0 aliphatic rings. The molecule has 1 amide bonds. The van der Waals surface area contributed by atoms with Crippen molar-refractivity contribution < 1.29 is 19.1 Å². The highest BCUT2D eigenvalue weighted by Crippen LogP contribution is 2.12. The molecule has 1 aromatic carbocycles. The van der Waals surface area contributed by atoms with Gasteiger partial charge in [0.25, 0.3) is 5.91 Å². The molecule has 0 radical (unpaired) electrons. The number of benzene rings is 1. The van der Waals surface area contributed by atoms with Crippen molar-refractivity contribution in [2.75, 3.05) is 0 Å². The van der Waals surface area contributed by atoms with Crippen molar-refractivity contribution in [2.24, 2.45) is 0 Å². The van der Waals surface area contributed by atoms with Crippen molar-refractivity contribution in [2.45, 2.75) is 0 Å². The van der Waals surface area contributed by atoms with Gasteiger partial charge in [0.2, 0.25) is 0 Å². The summed E-state index contributed by atoms with van der Waals surface area (Å²) in [6.07, 6.45) is 2.66. The third-order valence-electron chi connectivity index (χ3n) is 2.40. The molecular formula is C14H10ClNO4. The Bertz CT molecular complexity index is 644. The van der Waals surface area contributed by atoms with Gasteiger partial charge < -0.3 is 14.8 Å². The van der Waals surface area contributed by atoms with Crippen LogP contribution in [0.5, 0.6) is 0 Å². The molecule has 2 N–H and O–H groups in total. The minimum atomic E-state index is -1.25. The van der Waals surface area contributed by atoms with Crippen LogP contribution in [0.2, 0.25) is 5.02 Å². The Morgan fingerprint density at radius 1 is 1.20 bits per heavy atom. The van der Waals surface area contributed by atoms with Gasteiger partial charge in [0.15, 0.2) is 5.76 Å². The van der Waals surface area contributed by atoms with E-state index in [4.69, 9.17) is 21.1 Å². The second-order valence-electron chi connectivity index (χ2n) is 3.85. The van der Waals surface area contributed by atoms with E-state index in [1.807, 2.05) is 0 Å². The van der Waals surface area contributed by atoms with Crippen LogP contribution in [0.1, 0.15) is 16.1 Å². The third kappa shape index (κ3) is 3.49. The summed E-state index contributed by atoms with van der Waals surface area (Å²) >= 11 is 5.74. The summed E-state index contributed by atoms with van der Waals surface area (Å²) in [5.74, 6) is -1.84. The predicted octanol–water partition coefficient (Wildman–Crippen LogP) is 2.79. The van der Waals surface area contributed by atoms with Crippen molar-refractivity contribution in [3.8, 4) is 0 Å². The lowest BCUT2D eigenvalue weighted by molar-refractivity contribution is -0.132. The van der Waals surface area contributed by atoms with Crippen molar-refractivity contribution in [1.82, 2.24) is 5.32 Å². The van der Waals surface area contributed by atoms with E-state index in [0.29, 0.717) is 10.6 Å². The van der Waals surface area contributed by atoms with E-state index in [1.165, 1.54) is 24.5 Å². The third-order valence-corrected chi connectivity index (χ3v) is 2.66. The molecule has 2 aromatic rings. The molecular weight excluding hydrogens is 282 g/mol. The number of furan rings is 1. The molecule has 0 aliphatic carbocycles. The Balaban J connectivity index is 2.21. The molecule has 2 rings (SSSR count). The zero-order valence-electron chi connectivity index (χ0n) is 10.2. The zero-order chi connectivity index (χ0) is 14.5. The molecule has 102 valence electrons. The molecule has 1 heterocycles. The first-order valence-electron chi connectivity index (χ1n) is 5.61. The van der Waals surface area contributed by atoms with Gasteiger partial charge in [-0.3, -0.25) is 4.79 Å². The fourth-order valence-electron chi connectivity index (χ4n) is 1.47. The Morgan fingerprint density at radius 3 is 2.45 bits per heavy atom. The largest absolute Gasteiger partial charge is 0.477 e. The summed E-state index contributed by atoms with van der Waals surface area (Å²) in [4.78, 5) is 22.9. The SMILES string of the molecule is O=C(O)C(=Cc1ccc(Cl)cc1)NC(=O)c1ccco1. The van der Waals surface area contributed by atoms with E-state index in [0.717, 1.165) is 0 Å². The summed E-state index contributed by atoms with van der Waals surface area (Å²) < 4.78 is 4.89. The standard InChI is InChI=1S/C14H10ClNO4/c15-10-5-3-9(4-6-10)8-11(14(18)19)16-13(17)12-2-1-7-20-12/h1-8H,(H,16,17)(H,18,19). The summed E-state index contributed by atoms with van der Waals surface area (Å²) in [6, 6.07) is 9.52. The van der Waals surface area contributed by atoms with E-state index in [2.05, 4.69) is 5.32 Å². The van der Waals surface area contributed by atoms with E-state index in [1.54, 1.807) is 24.3 Å². The molecule has 0 saturated carbocycles. The van der Waals surface area contributed by atoms with Crippen molar-refractivity contribution in [1.29, 1.82) is 0 Å². The second kappa shape index (κ2) is 6.08. The van der Waals surface area contributed by atoms with E-state index < -0.39 is 11.9 Å². The molecule has 0 fully saturated rings. The Labute approximate surface area is 119 Å². The highest BCUT2D eigenvalue weighted by molar-refractivity contribution is 6.30. The van der Waals surface area contributed by atoms with Gasteiger partial charge in [-0.1, -0.05) is 23.7 Å². The Morgan fingerprint density at radius 2 is 1.90 bits per heavy atom. The lowest BCUT2D eigenvalue weighted by atomic mass is 10.2. The number of carbonyl (C=O) groups is 2. The van der Waals surface area contributed by atoms with Crippen LogP contribution in [0.25, 0.3) is 6.08 Å². The lowest BCUT2D eigenvalue weighted by Crippen LogP contribution is -2.26. The van der Waals surface area contributed by atoms with Crippen LogP contribution in [0.15, 0.2) is 52.8 Å². The number of rotatable bonds is 4. The minimum absolute atomic E-state index is 0.0354. The molecule has 0 unspecified atom stereocenters. The quantitative estimate of drug-likeness (QED) is 0.849. The maximum atomic E-state index is 11.7. The first-order chi connectivity index (χ1) is 9.56. The predicted molar refractivity (Wildman–Crippen MR) is 73.2 cm³/mol. The van der Waals surface area contributed by atoms with Gasteiger partial charge in [0.05, 0.1) is 6.26 Å². The zero-order valence-corrected chi connectivity index (χ0v) is 10.9. The second-order valence-corrected chi connectivity index (χ2v) is 4.28. The van der Waals surface area contributed by atoms with Crippen LogP contribution in [-0.4, -0.2) is 17.0 Å². The summed E-state index contributed by atoms with van der Waals surface area (Å²) in [5, 5.41) is 11.9. The van der Waals surface area contributed by atoms with Gasteiger partial charge in [0.1, 0.15) is 5.70 Å². The maximum Gasteiger partial charge on any atom is 0.352 e. The number of carboxylic acids is 1. The van der Waals surface area contributed by atoms with Crippen LogP contribution in [0.4, 0.5) is 0 Å². The number of hydrogen-bond acceptors (Lipinski definition) is 3. The van der Waals surface area contributed by atoms with E-state index >= 15 is 0 Å². The fraction of sp³-hybridized carbons (Fsp3) is 0. The Hall–Kier alpha value is -2.53. The van der Waals surface area contributed by atoms with Gasteiger partial charge >= 0.3 is 5.97 Å². The number of carboxylic acid groups (broad SMARTS) is 1. The molecule has 0 aliphatic heterocycles. The van der Waals surface area contributed by atoms with E-state index in [9.17, 15) is 9.59 Å². The lowest BCUT2D eigenvalue weighted by Gasteiger charge is -2.04. The minimum Gasteiger partial charge on any atom is -0.477 e. The maximum absolute atomic E-state index is 11.7. The van der Waals surface area contributed by atoms with E-state index in [-0.39, 0.29) is 11.5 Å². The average Bonchev–Trinajstić information content (AvgIpc) is 2.94. The number of nitrogens with one attached hydrogen (secondary N) is 1. The monoisotopic (exact) mass is 291 g/mol. The van der Waals surface area contributed by atoms with Gasteiger partial charge in [-0.2, -0.15) is 0 Å². The molecule has 0 saturated heterocycles. The topological polar surface area (TPSA) is 79.5 Å². The average molecular weight is 292 g/mol. The summed E-state index contributed by atoms with van der Waals surface area (Å²) in [5.41, 5.74) is 0.347. The summed E-state index contributed by atoms with van der Waals surface area (Å²) in [6.45, 7) is 0. The van der Waals surface area contributed by atoms with Crippen LogP contribution in [0.3, 0.4) is 0 Å². The first kappa shape index (κ1) is 13.9. The molecule has 5 nitrogen and oxygen atoms in total. The van der Waals surface area contributed by atoms with Crippen LogP contribution >= 0.6 is 11.6 Å². The van der Waals surface area contributed by atoms with Crippen LogP contribution in [-0.2, 0) is 4.79 Å². The van der Waals surface area contributed by atoms with Crippen molar-refractivity contribution in [3.63, 3.8) is 0 Å². The number of aliphatic carboxylic acids is 1. The van der Waals surface area contributed by atoms with Crippen LogP contribution in [0, 0.1) is 0 Å². The van der Waals surface area contributed by atoms with Gasteiger partial charge in [-0.05, 0) is 35.9 Å². The Kier molecular flexibility index (Phi) is 4.22. The highest BCUT2D eigenvalue weighted by Gasteiger charge is 2.15. The summed E-state index contributed by atoms with van der Waals surface area (Å²) in [7, 11) is 0. The molecule has 0 atom stereocenters. The molecule has 0 spiro atoms. The molecule has 20 heavy (non-hydrogen) atoms.